The molecule has 2 N–H and O–H groups in total. The Bertz CT molecular complexity index is 1190. The lowest BCUT2D eigenvalue weighted by atomic mass is 9.95. The smallest absolute Gasteiger partial charge is 0.214 e. The van der Waals surface area contributed by atoms with Crippen molar-refractivity contribution in [1.29, 1.82) is 0 Å². The third-order valence-electron chi connectivity index (χ3n) is 6.97. The minimum atomic E-state index is -3.77. The number of aliphatic hydroxyl groups is 1. The number of alkyl halides is 1. The Morgan fingerprint density at radius 3 is 2.40 bits per heavy atom. The number of sulfonamides is 1. The van der Waals surface area contributed by atoms with Crippen molar-refractivity contribution >= 4 is 10.0 Å². The highest BCUT2D eigenvalue weighted by Crippen LogP contribution is 2.35. The molecule has 2 aromatic carbocycles. The Labute approximate surface area is 200 Å². The minimum Gasteiger partial charge on any atom is -0.376 e. The Hall–Kier alpha value is -2.05. The van der Waals surface area contributed by atoms with Crippen LogP contribution in [0.4, 0.5) is 17.6 Å². The van der Waals surface area contributed by atoms with Gasteiger partial charge < -0.3 is 9.84 Å². The first-order valence-electron chi connectivity index (χ1n) is 11.6. The average molecular weight is 515 g/mol. The topological polar surface area (TPSA) is 78.9 Å². The molecule has 2 aromatic rings. The average Bonchev–Trinajstić information content (AvgIpc) is 3.56. The van der Waals surface area contributed by atoms with E-state index in [9.17, 15) is 22.3 Å². The molecule has 0 bridgehead atoms. The van der Waals surface area contributed by atoms with E-state index in [2.05, 4.69) is 4.72 Å². The summed E-state index contributed by atoms with van der Waals surface area (Å²) in [6, 6.07) is 4.93. The van der Waals surface area contributed by atoms with Gasteiger partial charge in [-0.05, 0) is 42.5 Å². The quantitative estimate of drug-likeness (QED) is 0.530. The summed E-state index contributed by atoms with van der Waals surface area (Å²) in [6.07, 6.45) is -1.96. The Morgan fingerprint density at radius 2 is 1.80 bits per heavy atom. The van der Waals surface area contributed by atoms with Crippen LogP contribution in [0.1, 0.15) is 24.8 Å². The van der Waals surface area contributed by atoms with Gasteiger partial charge in [0.1, 0.15) is 29.9 Å². The number of ether oxygens (including phenoxy) is 1. The molecule has 0 amide bonds. The maximum Gasteiger partial charge on any atom is 0.214 e. The zero-order valence-corrected chi connectivity index (χ0v) is 19.5. The van der Waals surface area contributed by atoms with Crippen LogP contribution in [0.25, 0.3) is 11.1 Å². The molecular weight excluding hydrogens is 488 g/mol. The zero-order valence-electron chi connectivity index (χ0n) is 18.7. The van der Waals surface area contributed by atoms with E-state index in [1.807, 2.05) is 0 Å². The maximum absolute atomic E-state index is 15.6. The van der Waals surface area contributed by atoms with Gasteiger partial charge in [-0.3, -0.25) is 4.90 Å². The summed E-state index contributed by atoms with van der Waals surface area (Å²) in [5, 5.41) is 10.2. The zero-order chi connectivity index (χ0) is 24.9. The normalized spacial score (nSPS) is 28.1. The van der Waals surface area contributed by atoms with Crippen molar-refractivity contribution in [1.82, 2.24) is 9.62 Å². The van der Waals surface area contributed by atoms with Crippen molar-refractivity contribution < 1.29 is 35.8 Å². The molecule has 35 heavy (non-hydrogen) atoms. The number of nitrogens with zero attached hydrogens (tertiary/aromatic N) is 1. The van der Waals surface area contributed by atoms with Crippen LogP contribution in [0.5, 0.6) is 0 Å². The molecule has 5 atom stereocenters. The molecular formula is C24H26F4N2O4S. The predicted molar refractivity (Wildman–Crippen MR) is 120 cm³/mol. The molecule has 2 unspecified atom stereocenters. The molecule has 11 heteroatoms. The molecule has 1 saturated carbocycles. The molecule has 5 rings (SSSR count). The number of likely N-dealkylation sites (tertiary alicyclic amines) is 1. The van der Waals surface area contributed by atoms with Crippen LogP contribution < -0.4 is 4.72 Å². The van der Waals surface area contributed by atoms with E-state index in [0.717, 1.165) is 12.1 Å². The maximum atomic E-state index is 15.6. The van der Waals surface area contributed by atoms with Crippen LogP contribution >= 0.6 is 0 Å². The highest BCUT2D eigenvalue weighted by molar-refractivity contribution is 7.90. The monoisotopic (exact) mass is 514 g/mol. The van der Waals surface area contributed by atoms with Crippen molar-refractivity contribution in [2.45, 2.75) is 61.5 Å². The molecule has 3 aliphatic rings. The van der Waals surface area contributed by atoms with Crippen molar-refractivity contribution in [2.24, 2.45) is 0 Å². The fourth-order valence-corrected chi connectivity index (χ4v) is 6.49. The number of rotatable bonds is 8. The summed E-state index contributed by atoms with van der Waals surface area (Å²) < 4.78 is 91.2. The Kier molecular flexibility index (Phi) is 6.64. The third-order valence-corrected chi connectivity index (χ3v) is 8.92. The molecule has 0 spiro atoms. The van der Waals surface area contributed by atoms with Gasteiger partial charge in [0.05, 0.1) is 17.4 Å². The van der Waals surface area contributed by atoms with Crippen LogP contribution in [-0.4, -0.2) is 67.4 Å². The van der Waals surface area contributed by atoms with Gasteiger partial charge in [0.2, 0.25) is 10.0 Å². The van der Waals surface area contributed by atoms with Gasteiger partial charge in [-0.1, -0.05) is 18.2 Å². The van der Waals surface area contributed by atoms with Crippen LogP contribution in [-0.2, 0) is 21.2 Å². The van der Waals surface area contributed by atoms with Gasteiger partial charge in [-0.25, -0.2) is 30.7 Å². The number of benzene rings is 2. The van der Waals surface area contributed by atoms with Gasteiger partial charge in [0.25, 0.3) is 0 Å². The first-order chi connectivity index (χ1) is 16.6. The fourth-order valence-electron chi connectivity index (χ4n) is 4.86. The summed E-state index contributed by atoms with van der Waals surface area (Å²) in [5.41, 5.74) is 0.0660. The molecule has 6 nitrogen and oxygen atoms in total. The van der Waals surface area contributed by atoms with E-state index in [4.69, 9.17) is 4.74 Å². The van der Waals surface area contributed by atoms with E-state index >= 15 is 8.78 Å². The lowest BCUT2D eigenvalue weighted by Crippen LogP contribution is -2.55. The molecule has 2 aliphatic heterocycles. The van der Waals surface area contributed by atoms with E-state index in [0.29, 0.717) is 31.9 Å². The van der Waals surface area contributed by atoms with Crippen LogP contribution in [0.3, 0.4) is 0 Å². The van der Waals surface area contributed by atoms with Crippen LogP contribution in [0.2, 0.25) is 0 Å². The summed E-state index contributed by atoms with van der Waals surface area (Å²) >= 11 is 0. The molecule has 1 aliphatic carbocycles. The summed E-state index contributed by atoms with van der Waals surface area (Å²) in [5.74, 6) is -2.46. The van der Waals surface area contributed by atoms with Crippen molar-refractivity contribution in [3.8, 4) is 11.1 Å². The standard InChI is InChI=1S/C24H26F4N2O4S/c25-15-8-14(9-16(26)11-15)18-3-1-2-13(22(18)28)10-20-23(29-35(32,33)17-4-5-17)19(27)12-30(20)24(31)21-6-7-34-21/h1-3,8-9,11,17,19-21,23-24,29,31H,4-7,10,12H2/t19-,20-,21?,23-,24?/m0/s1. The van der Waals surface area contributed by atoms with Gasteiger partial charge in [-0.15, -0.1) is 0 Å². The van der Waals surface area contributed by atoms with E-state index in [1.54, 1.807) is 0 Å². The van der Waals surface area contributed by atoms with Gasteiger partial charge >= 0.3 is 0 Å². The highest BCUT2D eigenvalue weighted by atomic mass is 32.2. The number of nitrogens with one attached hydrogen (secondary N) is 1. The lowest BCUT2D eigenvalue weighted by Gasteiger charge is -2.39. The molecule has 2 saturated heterocycles. The molecule has 3 fully saturated rings. The third kappa shape index (κ3) is 4.97. The van der Waals surface area contributed by atoms with Crippen LogP contribution in [0, 0.1) is 17.5 Å². The second-order valence-electron chi connectivity index (χ2n) is 9.42. The molecule has 2 heterocycles. The first kappa shape index (κ1) is 24.6. The van der Waals surface area contributed by atoms with E-state index < -0.39 is 63.3 Å². The van der Waals surface area contributed by atoms with E-state index in [1.165, 1.54) is 23.1 Å². The summed E-state index contributed by atoms with van der Waals surface area (Å²) in [6.45, 7) is 0.206. The van der Waals surface area contributed by atoms with Gasteiger partial charge in [0, 0.05) is 37.2 Å². The van der Waals surface area contributed by atoms with Crippen molar-refractivity contribution in [3.63, 3.8) is 0 Å². The minimum absolute atomic E-state index is 0.00221. The first-order valence-corrected chi connectivity index (χ1v) is 13.1. The number of hydrogen-bond acceptors (Lipinski definition) is 5. The van der Waals surface area contributed by atoms with E-state index in [-0.39, 0.29) is 29.7 Å². The largest absolute Gasteiger partial charge is 0.376 e. The Morgan fingerprint density at radius 1 is 1.11 bits per heavy atom. The second-order valence-corrected chi connectivity index (χ2v) is 11.4. The summed E-state index contributed by atoms with van der Waals surface area (Å²) in [7, 11) is -3.77. The SMILES string of the molecule is O=S(=O)(N[C@H]1[C@@H](F)CN(C(O)C2CCO2)[C@H]1Cc1cccc(-c2cc(F)cc(F)c2)c1F)C1CC1. The van der Waals surface area contributed by atoms with Crippen LogP contribution in [0.15, 0.2) is 36.4 Å². The lowest BCUT2D eigenvalue weighted by molar-refractivity contribution is -0.171. The van der Waals surface area contributed by atoms with Gasteiger partial charge in [-0.2, -0.15) is 0 Å². The molecule has 0 radical (unpaired) electrons. The predicted octanol–water partition coefficient (Wildman–Crippen LogP) is 2.89. The van der Waals surface area contributed by atoms with Crippen molar-refractivity contribution in [2.75, 3.05) is 13.2 Å². The molecule has 190 valence electrons. The second kappa shape index (κ2) is 9.44. The highest BCUT2D eigenvalue weighted by Gasteiger charge is 2.50. The molecule has 0 aromatic heterocycles. The van der Waals surface area contributed by atoms with Crippen molar-refractivity contribution in [3.05, 3.63) is 59.4 Å². The Balaban J connectivity index is 1.47. The summed E-state index contributed by atoms with van der Waals surface area (Å²) in [4.78, 5) is 1.42. The number of aliphatic hydroxyl groups excluding tert-OH is 1. The number of hydrogen-bond donors (Lipinski definition) is 2. The fraction of sp³-hybridized carbons (Fsp3) is 0.500. The van der Waals surface area contributed by atoms with Gasteiger partial charge in [0.15, 0.2) is 0 Å². The number of halogens is 4.